The van der Waals surface area contributed by atoms with Crippen LogP contribution in [0.4, 0.5) is 5.69 Å². The quantitative estimate of drug-likeness (QED) is 0.477. The summed E-state index contributed by atoms with van der Waals surface area (Å²) >= 11 is 0. The summed E-state index contributed by atoms with van der Waals surface area (Å²) in [6.45, 7) is 2.61. The second-order valence-electron chi connectivity index (χ2n) is 4.04. The van der Waals surface area contributed by atoms with E-state index in [1.807, 2.05) is 30.3 Å². The van der Waals surface area contributed by atoms with Crippen LogP contribution in [0.25, 0.3) is 0 Å². The highest BCUT2D eigenvalue weighted by Gasteiger charge is 2.19. The summed E-state index contributed by atoms with van der Waals surface area (Å²) < 4.78 is 4.88. The zero-order valence-corrected chi connectivity index (χ0v) is 10.7. The molecule has 1 aromatic rings. The third-order valence-electron chi connectivity index (χ3n) is 2.81. The van der Waals surface area contributed by atoms with Gasteiger partial charge in [0.2, 0.25) is 0 Å². The van der Waals surface area contributed by atoms with Crippen LogP contribution >= 0.6 is 0 Å². The number of anilines is 1. The van der Waals surface area contributed by atoms with Gasteiger partial charge in [-0.05, 0) is 25.0 Å². The molecule has 0 unspecified atom stereocenters. The predicted molar refractivity (Wildman–Crippen MR) is 71.0 cm³/mol. The highest BCUT2D eigenvalue weighted by molar-refractivity contribution is 5.94. The maximum atomic E-state index is 11.7. The number of esters is 1. The molecule has 1 aliphatic rings. The summed E-state index contributed by atoms with van der Waals surface area (Å²) in [5.74, 6) is -0.203. The zero-order chi connectivity index (χ0) is 13.7. The molecule has 2 rings (SSSR count). The number of hydrogen-bond acceptors (Lipinski definition) is 5. The molecule has 0 aromatic heterocycles. The molecular formula is C14H15N3O2. The number of nitriles is 1. The van der Waals surface area contributed by atoms with Crippen LogP contribution in [-0.2, 0) is 16.0 Å². The van der Waals surface area contributed by atoms with Crippen molar-refractivity contribution in [3.63, 3.8) is 0 Å². The average molecular weight is 257 g/mol. The Morgan fingerprint density at radius 3 is 3.00 bits per heavy atom. The Bertz CT molecular complexity index is 558. The van der Waals surface area contributed by atoms with E-state index in [0.717, 1.165) is 17.7 Å². The Balaban J connectivity index is 2.35. The minimum Gasteiger partial charge on any atom is -0.462 e. The van der Waals surface area contributed by atoms with Gasteiger partial charge in [0.15, 0.2) is 5.57 Å². The molecule has 1 aromatic carbocycles. The summed E-state index contributed by atoms with van der Waals surface area (Å²) in [6.07, 6.45) is 0.828. The van der Waals surface area contributed by atoms with Crippen LogP contribution < -0.4 is 10.6 Å². The smallest absolute Gasteiger partial charge is 0.352 e. The Kier molecular flexibility index (Phi) is 4.04. The molecule has 0 spiro atoms. The molecule has 0 aliphatic carbocycles. The van der Waals surface area contributed by atoms with Crippen molar-refractivity contribution in [2.75, 3.05) is 18.5 Å². The van der Waals surface area contributed by atoms with Gasteiger partial charge < -0.3 is 15.4 Å². The summed E-state index contributed by atoms with van der Waals surface area (Å²) in [7, 11) is 0. The van der Waals surface area contributed by atoms with Gasteiger partial charge in [0.25, 0.3) is 0 Å². The number of benzene rings is 1. The minimum atomic E-state index is -0.612. The van der Waals surface area contributed by atoms with Crippen LogP contribution in [0, 0.1) is 11.3 Å². The molecule has 5 heteroatoms. The normalized spacial score (nSPS) is 16.0. The van der Waals surface area contributed by atoms with Gasteiger partial charge in [-0.3, -0.25) is 0 Å². The molecule has 0 saturated carbocycles. The van der Waals surface area contributed by atoms with Gasteiger partial charge >= 0.3 is 5.97 Å². The fourth-order valence-corrected chi connectivity index (χ4v) is 1.92. The van der Waals surface area contributed by atoms with Crippen molar-refractivity contribution < 1.29 is 9.53 Å². The van der Waals surface area contributed by atoms with E-state index in [9.17, 15) is 4.79 Å². The lowest BCUT2D eigenvalue weighted by Crippen LogP contribution is -2.24. The van der Waals surface area contributed by atoms with Crippen LogP contribution in [-0.4, -0.2) is 19.1 Å². The van der Waals surface area contributed by atoms with Gasteiger partial charge in [0, 0.05) is 12.2 Å². The number of carbonyl (C=O) groups excluding carboxylic acids is 1. The lowest BCUT2D eigenvalue weighted by atomic mass is 10.1. The van der Waals surface area contributed by atoms with Crippen molar-refractivity contribution in [2.24, 2.45) is 0 Å². The molecule has 0 amide bonds. The largest absolute Gasteiger partial charge is 0.462 e. The zero-order valence-electron chi connectivity index (χ0n) is 10.7. The minimum absolute atomic E-state index is 0.0291. The Labute approximate surface area is 111 Å². The number of nitrogens with one attached hydrogen (secondary N) is 2. The summed E-state index contributed by atoms with van der Waals surface area (Å²) in [5, 5.41) is 15.3. The van der Waals surface area contributed by atoms with E-state index in [2.05, 4.69) is 10.6 Å². The Morgan fingerprint density at radius 1 is 1.47 bits per heavy atom. The molecule has 0 radical (unpaired) electrons. The summed E-state index contributed by atoms with van der Waals surface area (Å²) in [4.78, 5) is 11.7. The molecule has 0 fully saturated rings. The lowest BCUT2D eigenvalue weighted by Gasteiger charge is -2.12. The molecule has 2 N–H and O–H groups in total. The van der Waals surface area contributed by atoms with Gasteiger partial charge in [0.05, 0.1) is 6.61 Å². The van der Waals surface area contributed by atoms with Crippen LogP contribution in [0.2, 0.25) is 0 Å². The predicted octanol–water partition coefficient (Wildman–Crippen LogP) is 1.54. The highest BCUT2D eigenvalue weighted by Crippen LogP contribution is 2.20. The number of nitrogens with zero attached hydrogens (tertiary/aromatic N) is 1. The van der Waals surface area contributed by atoms with Crippen molar-refractivity contribution >= 4 is 11.7 Å². The van der Waals surface area contributed by atoms with E-state index >= 15 is 0 Å². The topological polar surface area (TPSA) is 74.2 Å². The first kappa shape index (κ1) is 13.0. The third-order valence-corrected chi connectivity index (χ3v) is 2.81. The number of para-hydroxylation sites is 1. The monoisotopic (exact) mass is 257 g/mol. The van der Waals surface area contributed by atoms with Crippen LogP contribution in [0.1, 0.15) is 12.5 Å². The van der Waals surface area contributed by atoms with E-state index in [0.29, 0.717) is 12.4 Å². The van der Waals surface area contributed by atoms with Gasteiger partial charge in [-0.25, -0.2) is 4.79 Å². The fraction of sp³-hybridized carbons (Fsp3) is 0.286. The summed E-state index contributed by atoms with van der Waals surface area (Å²) in [5.41, 5.74) is 2.02. The SMILES string of the molecule is CCOC(=O)C(C#N)=C1NCCc2ccccc2N1. The molecule has 98 valence electrons. The van der Waals surface area contributed by atoms with E-state index in [-0.39, 0.29) is 12.2 Å². The molecule has 0 atom stereocenters. The first-order valence-corrected chi connectivity index (χ1v) is 6.16. The second kappa shape index (κ2) is 5.91. The fourth-order valence-electron chi connectivity index (χ4n) is 1.92. The van der Waals surface area contributed by atoms with Gasteiger partial charge in [-0.15, -0.1) is 0 Å². The first-order chi connectivity index (χ1) is 9.26. The molecular weight excluding hydrogens is 242 g/mol. The number of carbonyl (C=O) groups is 1. The molecule has 5 nitrogen and oxygen atoms in total. The third kappa shape index (κ3) is 2.86. The van der Waals surface area contributed by atoms with Crippen molar-refractivity contribution in [3.8, 4) is 6.07 Å². The number of hydrogen-bond donors (Lipinski definition) is 2. The average Bonchev–Trinajstić information content (AvgIpc) is 2.62. The van der Waals surface area contributed by atoms with Crippen molar-refractivity contribution in [3.05, 3.63) is 41.2 Å². The molecule has 1 aliphatic heterocycles. The highest BCUT2D eigenvalue weighted by atomic mass is 16.5. The molecule has 1 heterocycles. The molecule has 0 bridgehead atoms. The maximum absolute atomic E-state index is 11.7. The Morgan fingerprint density at radius 2 is 2.26 bits per heavy atom. The second-order valence-corrected chi connectivity index (χ2v) is 4.04. The van der Waals surface area contributed by atoms with Crippen molar-refractivity contribution in [2.45, 2.75) is 13.3 Å². The van der Waals surface area contributed by atoms with Crippen molar-refractivity contribution in [1.29, 1.82) is 5.26 Å². The van der Waals surface area contributed by atoms with E-state index in [4.69, 9.17) is 10.00 Å². The summed E-state index contributed by atoms with van der Waals surface area (Å²) in [6, 6.07) is 9.70. The van der Waals surface area contributed by atoms with E-state index in [1.54, 1.807) is 6.92 Å². The maximum Gasteiger partial charge on any atom is 0.352 e. The number of fused-ring (bicyclic) bond motifs is 1. The van der Waals surface area contributed by atoms with Crippen LogP contribution in [0.3, 0.4) is 0 Å². The van der Waals surface area contributed by atoms with E-state index in [1.165, 1.54) is 0 Å². The van der Waals surface area contributed by atoms with Gasteiger partial charge in [0.1, 0.15) is 11.9 Å². The van der Waals surface area contributed by atoms with Crippen LogP contribution in [0.15, 0.2) is 35.7 Å². The number of rotatable bonds is 2. The van der Waals surface area contributed by atoms with Gasteiger partial charge in [-0.2, -0.15) is 5.26 Å². The molecule has 19 heavy (non-hydrogen) atoms. The van der Waals surface area contributed by atoms with Crippen molar-refractivity contribution in [1.82, 2.24) is 5.32 Å². The van der Waals surface area contributed by atoms with Crippen LogP contribution in [0.5, 0.6) is 0 Å². The molecule has 0 saturated heterocycles. The Hall–Kier alpha value is -2.48. The van der Waals surface area contributed by atoms with E-state index < -0.39 is 5.97 Å². The standard InChI is InChI=1S/C14H15N3O2/c1-2-19-14(18)11(9-15)13-16-8-7-10-5-3-4-6-12(10)17-13/h3-6,16-17H,2,7-8H2,1H3. The van der Waals surface area contributed by atoms with Gasteiger partial charge in [-0.1, -0.05) is 18.2 Å². The number of ether oxygens (including phenoxy) is 1. The first-order valence-electron chi connectivity index (χ1n) is 6.16. The lowest BCUT2D eigenvalue weighted by molar-refractivity contribution is -0.138.